The monoisotopic (exact) mass is 175 g/mol. The molecule has 1 radical (unpaired) electrons. The highest BCUT2D eigenvalue weighted by atomic mass is 16.6. The summed E-state index contributed by atoms with van der Waals surface area (Å²) in [6.07, 6.45) is -0.972. The van der Waals surface area contributed by atoms with E-state index in [0.29, 0.717) is 0 Å². The van der Waals surface area contributed by atoms with Crippen LogP contribution >= 0.6 is 0 Å². The molecule has 0 heterocycles. The van der Waals surface area contributed by atoms with Crippen LogP contribution in [0.1, 0.15) is 13.8 Å². The summed E-state index contributed by atoms with van der Waals surface area (Å²) >= 11 is 0. The predicted molar refractivity (Wildman–Crippen MR) is 37.7 cm³/mol. The van der Waals surface area contributed by atoms with Crippen LogP contribution in [-0.2, 0) is 24.2 Å². The van der Waals surface area contributed by atoms with Gasteiger partial charge in [-0.3, -0.25) is 4.79 Å². The van der Waals surface area contributed by atoms with Crippen LogP contribution in [0.25, 0.3) is 0 Å². The number of carbonyl (C=O) groups is 2. The van der Waals surface area contributed by atoms with Gasteiger partial charge in [0.15, 0.2) is 6.10 Å². The van der Waals surface area contributed by atoms with Gasteiger partial charge in [0.25, 0.3) is 0 Å². The number of carbonyl (C=O) groups excluding carboxylic acids is 2. The van der Waals surface area contributed by atoms with E-state index < -0.39 is 18.0 Å². The molecule has 0 aromatic carbocycles. The van der Waals surface area contributed by atoms with E-state index in [0.717, 1.165) is 0 Å². The molecule has 0 spiro atoms. The van der Waals surface area contributed by atoms with E-state index in [9.17, 15) is 14.7 Å². The summed E-state index contributed by atoms with van der Waals surface area (Å²) in [6, 6.07) is 0. The Balaban J connectivity index is 3.31. The van der Waals surface area contributed by atoms with Gasteiger partial charge in [-0.25, -0.2) is 9.90 Å². The van der Waals surface area contributed by atoms with E-state index >= 15 is 0 Å². The molecule has 5 heteroatoms. The molecule has 0 saturated heterocycles. The molecule has 12 heavy (non-hydrogen) atoms. The van der Waals surface area contributed by atoms with Gasteiger partial charge in [-0.15, -0.1) is 0 Å². The first-order chi connectivity index (χ1) is 5.54. The van der Waals surface area contributed by atoms with E-state index in [-0.39, 0.29) is 13.2 Å². The van der Waals surface area contributed by atoms with E-state index in [1.54, 1.807) is 0 Å². The molecule has 0 aliphatic heterocycles. The second-order valence-electron chi connectivity index (χ2n) is 2.17. The van der Waals surface area contributed by atoms with Gasteiger partial charge in [0.1, 0.15) is 6.61 Å². The fraction of sp³-hybridized carbons (Fsp3) is 0.714. The maximum Gasteiger partial charge on any atom is 0.383 e. The molecule has 0 aliphatic carbocycles. The molecule has 0 rings (SSSR count). The molecule has 0 N–H and O–H groups in total. The highest BCUT2D eigenvalue weighted by Gasteiger charge is 2.12. The minimum Gasteiger partial charge on any atom is -0.463 e. The predicted octanol–water partition coefficient (Wildman–Crippen LogP) is -0.0883. The van der Waals surface area contributed by atoms with Crippen LogP contribution in [0, 0.1) is 0 Å². The van der Waals surface area contributed by atoms with Crippen molar-refractivity contribution in [2.24, 2.45) is 0 Å². The van der Waals surface area contributed by atoms with Gasteiger partial charge in [0.2, 0.25) is 0 Å². The van der Waals surface area contributed by atoms with Crippen LogP contribution < -0.4 is 0 Å². The fourth-order valence-electron chi connectivity index (χ4n) is 0.478. The second-order valence-corrected chi connectivity index (χ2v) is 2.17. The summed E-state index contributed by atoms with van der Waals surface area (Å²) in [6.45, 7) is 2.74. The quantitative estimate of drug-likeness (QED) is 0.432. The van der Waals surface area contributed by atoms with E-state index in [1.807, 2.05) is 0 Å². The van der Waals surface area contributed by atoms with Crippen molar-refractivity contribution in [1.29, 1.82) is 0 Å². The molecule has 5 nitrogen and oxygen atoms in total. The molecule has 0 bridgehead atoms. The number of esters is 1. The van der Waals surface area contributed by atoms with Crippen molar-refractivity contribution >= 4 is 11.9 Å². The Morgan fingerprint density at radius 2 is 1.92 bits per heavy atom. The Morgan fingerprint density at radius 3 is 2.33 bits per heavy atom. The summed E-state index contributed by atoms with van der Waals surface area (Å²) < 4.78 is 9.21. The van der Waals surface area contributed by atoms with Crippen LogP contribution in [0.5, 0.6) is 0 Å². The normalized spacial score (nSPS) is 12.2. The van der Waals surface area contributed by atoms with Gasteiger partial charge < -0.3 is 9.47 Å². The largest absolute Gasteiger partial charge is 0.463 e. The van der Waals surface area contributed by atoms with Gasteiger partial charge in [-0.05, 0) is 6.92 Å². The molecule has 0 saturated carbocycles. The maximum absolute atomic E-state index is 10.2. The zero-order valence-corrected chi connectivity index (χ0v) is 7.03. The first-order valence-corrected chi connectivity index (χ1v) is 3.50. The third kappa shape index (κ3) is 5.67. The third-order valence-corrected chi connectivity index (χ3v) is 1.09. The Kier molecular flexibility index (Phi) is 5.03. The lowest BCUT2D eigenvalue weighted by Gasteiger charge is -2.06. The molecule has 0 aromatic rings. The highest BCUT2D eigenvalue weighted by molar-refractivity contribution is 5.71. The van der Waals surface area contributed by atoms with Gasteiger partial charge in [-0.1, -0.05) is 0 Å². The molecule has 69 valence electrons. The zero-order valence-electron chi connectivity index (χ0n) is 7.03. The number of ether oxygens (including phenoxy) is 2. The maximum atomic E-state index is 10.2. The van der Waals surface area contributed by atoms with Crippen LogP contribution in [0.3, 0.4) is 0 Å². The average molecular weight is 175 g/mol. The minimum atomic E-state index is -1.28. The standard InChI is InChI=1S/C7H11O5/c1-5(7(9)10)11-3-4-12-6(2)8/h5H,3-4H2,1-2H3. The first kappa shape index (κ1) is 10.9. The molecular weight excluding hydrogens is 164 g/mol. The van der Waals surface area contributed by atoms with Crippen molar-refractivity contribution in [1.82, 2.24) is 0 Å². The van der Waals surface area contributed by atoms with E-state index in [4.69, 9.17) is 4.74 Å². The molecule has 0 aromatic heterocycles. The van der Waals surface area contributed by atoms with Crippen LogP contribution in [0.4, 0.5) is 0 Å². The van der Waals surface area contributed by atoms with E-state index in [1.165, 1.54) is 13.8 Å². The first-order valence-electron chi connectivity index (χ1n) is 3.50. The molecule has 1 unspecified atom stereocenters. The van der Waals surface area contributed by atoms with Gasteiger partial charge in [0.05, 0.1) is 6.61 Å². The third-order valence-electron chi connectivity index (χ3n) is 1.09. The van der Waals surface area contributed by atoms with Crippen molar-refractivity contribution in [2.45, 2.75) is 20.0 Å². The number of rotatable bonds is 5. The second kappa shape index (κ2) is 5.54. The lowest BCUT2D eigenvalue weighted by molar-refractivity contribution is -0.157. The van der Waals surface area contributed by atoms with Crippen molar-refractivity contribution < 1.29 is 24.2 Å². The van der Waals surface area contributed by atoms with Crippen LogP contribution in [-0.4, -0.2) is 31.3 Å². The Hall–Kier alpha value is -1.10. The molecule has 1 atom stereocenters. The highest BCUT2D eigenvalue weighted by Crippen LogP contribution is 1.90. The molecule has 0 amide bonds. The summed E-state index contributed by atoms with van der Waals surface area (Å²) in [5.41, 5.74) is 0. The van der Waals surface area contributed by atoms with Crippen molar-refractivity contribution in [3.63, 3.8) is 0 Å². The van der Waals surface area contributed by atoms with Gasteiger partial charge in [-0.2, -0.15) is 0 Å². The lowest BCUT2D eigenvalue weighted by Crippen LogP contribution is -2.21. The molecular formula is C7H11O5. The fourth-order valence-corrected chi connectivity index (χ4v) is 0.478. The summed E-state index contributed by atoms with van der Waals surface area (Å²) in [7, 11) is 0. The summed E-state index contributed by atoms with van der Waals surface area (Å²) in [4.78, 5) is 20.3. The number of hydrogen-bond donors (Lipinski definition) is 0. The smallest absolute Gasteiger partial charge is 0.383 e. The van der Waals surface area contributed by atoms with Gasteiger partial charge >= 0.3 is 11.9 Å². The van der Waals surface area contributed by atoms with Crippen LogP contribution in [0.2, 0.25) is 0 Å². The lowest BCUT2D eigenvalue weighted by atomic mass is 10.4. The average Bonchev–Trinajstić information content (AvgIpc) is 1.97. The minimum absolute atomic E-state index is 0.0625. The Bertz CT molecular complexity index is 165. The molecule has 0 aliphatic rings. The SMILES string of the molecule is CC(=O)OCCOC(C)C([O])=O. The Labute approximate surface area is 70.3 Å². The Morgan fingerprint density at radius 1 is 1.33 bits per heavy atom. The van der Waals surface area contributed by atoms with Crippen molar-refractivity contribution in [3.8, 4) is 0 Å². The summed E-state index contributed by atoms with van der Waals surface area (Å²) in [5, 5.41) is 10.1. The van der Waals surface area contributed by atoms with Crippen LogP contribution in [0.15, 0.2) is 0 Å². The topological polar surface area (TPSA) is 72.5 Å². The van der Waals surface area contributed by atoms with Crippen molar-refractivity contribution in [2.75, 3.05) is 13.2 Å². The van der Waals surface area contributed by atoms with Crippen molar-refractivity contribution in [3.05, 3.63) is 0 Å². The zero-order chi connectivity index (χ0) is 9.56. The number of hydrogen-bond acceptors (Lipinski definition) is 4. The van der Waals surface area contributed by atoms with E-state index in [2.05, 4.69) is 4.74 Å². The summed E-state index contributed by atoms with van der Waals surface area (Å²) in [5.74, 6) is -1.70. The molecule has 0 fully saturated rings. The van der Waals surface area contributed by atoms with Gasteiger partial charge in [0, 0.05) is 6.92 Å².